The first-order valence-corrected chi connectivity index (χ1v) is 9.38. The minimum Gasteiger partial charge on any atom is -0.325 e. The molecule has 28 heavy (non-hydrogen) atoms. The van der Waals surface area contributed by atoms with Gasteiger partial charge in [-0.3, -0.25) is 4.79 Å². The minimum absolute atomic E-state index is 0.0481. The van der Waals surface area contributed by atoms with Crippen LogP contribution < -0.4 is 11.1 Å². The van der Waals surface area contributed by atoms with E-state index >= 15 is 0 Å². The molecular weight excluding hydrogens is 348 g/mol. The molecule has 5 heteroatoms. The number of anilines is 1. The van der Waals surface area contributed by atoms with E-state index in [-0.39, 0.29) is 17.9 Å². The highest BCUT2D eigenvalue weighted by atomic mass is 16.1. The molecule has 5 nitrogen and oxygen atoms in total. The molecule has 142 valence electrons. The number of rotatable bonds is 3. The predicted molar refractivity (Wildman–Crippen MR) is 115 cm³/mol. The van der Waals surface area contributed by atoms with Gasteiger partial charge in [-0.15, -0.1) is 0 Å². The van der Waals surface area contributed by atoms with Gasteiger partial charge in [-0.1, -0.05) is 45.0 Å². The summed E-state index contributed by atoms with van der Waals surface area (Å²) in [4.78, 5) is 16.6. The Balaban J connectivity index is 1.87. The van der Waals surface area contributed by atoms with Gasteiger partial charge >= 0.3 is 0 Å². The SMILES string of the molecule is CC(C)(C)c1ccc(-c2nc3cc(NC(=O)CN)ccc3n3cccc23)cc1. The summed E-state index contributed by atoms with van der Waals surface area (Å²) < 4.78 is 2.13. The van der Waals surface area contributed by atoms with Crippen LogP contribution in [0.2, 0.25) is 0 Å². The number of hydrogen-bond acceptors (Lipinski definition) is 3. The topological polar surface area (TPSA) is 72.4 Å². The van der Waals surface area contributed by atoms with Crippen LogP contribution in [-0.2, 0) is 10.2 Å². The number of carbonyl (C=O) groups is 1. The lowest BCUT2D eigenvalue weighted by molar-refractivity contribution is -0.114. The Morgan fingerprint density at radius 2 is 1.82 bits per heavy atom. The quantitative estimate of drug-likeness (QED) is 0.562. The van der Waals surface area contributed by atoms with Gasteiger partial charge in [-0.05, 0) is 41.3 Å². The van der Waals surface area contributed by atoms with Crippen LogP contribution in [0, 0.1) is 0 Å². The summed E-state index contributed by atoms with van der Waals surface area (Å²) in [5.41, 5.74) is 12.3. The molecule has 0 aliphatic heterocycles. The van der Waals surface area contributed by atoms with Crippen LogP contribution in [-0.4, -0.2) is 21.8 Å². The number of nitrogens with one attached hydrogen (secondary N) is 1. The molecule has 0 fully saturated rings. The number of amides is 1. The van der Waals surface area contributed by atoms with Crippen LogP contribution in [0.25, 0.3) is 27.8 Å². The third-order valence-corrected chi connectivity index (χ3v) is 4.95. The molecule has 3 N–H and O–H groups in total. The van der Waals surface area contributed by atoms with Crippen molar-refractivity contribution in [2.45, 2.75) is 26.2 Å². The number of benzene rings is 2. The highest BCUT2D eigenvalue weighted by molar-refractivity contribution is 5.95. The summed E-state index contributed by atoms with van der Waals surface area (Å²) in [6, 6.07) is 18.4. The van der Waals surface area contributed by atoms with Gasteiger partial charge in [0.15, 0.2) is 0 Å². The fourth-order valence-electron chi connectivity index (χ4n) is 3.41. The van der Waals surface area contributed by atoms with Crippen molar-refractivity contribution in [1.29, 1.82) is 0 Å². The van der Waals surface area contributed by atoms with Crippen LogP contribution in [0.1, 0.15) is 26.3 Å². The molecule has 0 bridgehead atoms. The van der Waals surface area contributed by atoms with Crippen LogP contribution >= 0.6 is 0 Å². The highest BCUT2D eigenvalue weighted by Crippen LogP contribution is 2.30. The standard InChI is InChI=1S/C23H24N4O/c1-23(2,3)16-8-6-15(7-9-16)22-20-5-4-12-27(20)19-11-10-17(13-18(19)26-22)25-21(28)14-24/h4-13H,14,24H2,1-3H3,(H,25,28). The van der Waals surface area contributed by atoms with Crippen molar-refractivity contribution in [3.05, 3.63) is 66.4 Å². The van der Waals surface area contributed by atoms with Gasteiger partial charge in [-0.25, -0.2) is 4.98 Å². The number of nitrogens with two attached hydrogens (primary N) is 1. The highest BCUT2D eigenvalue weighted by Gasteiger charge is 2.15. The van der Waals surface area contributed by atoms with E-state index < -0.39 is 0 Å². The summed E-state index contributed by atoms with van der Waals surface area (Å²) >= 11 is 0. The van der Waals surface area contributed by atoms with Gasteiger partial charge in [0.25, 0.3) is 0 Å². The zero-order valence-corrected chi connectivity index (χ0v) is 16.4. The van der Waals surface area contributed by atoms with E-state index in [2.05, 4.69) is 60.8 Å². The maximum absolute atomic E-state index is 11.6. The average molecular weight is 372 g/mol. The Bertz CT molecular complexity index is 1170. The van der Waals surface area contributed by atoms with Crippen LogP contribution in [0.15, 0.2) is 60.8 Å². The van der Waals surface area contributed by atoms with Crippen molar-refractivity contribution in [1.82, 2.24) is 9.38 Å². The van der Waals surface area contributed by atoms with Crippen molar-refractivity contribution in [2.24, 2.45) is 5.73 Å². The van der Waals surface area contributed by atoms with E-state index in [9.17, 15) is 4.79 Å². The van der Waals surface area contributed by atoms with Gasteiger partial charge in [0.05, 0.1) is 28.8 Å². The lowest BCUT2D eigenvalue weighted by atomic mass is 9.86. The van der Waals surface area contributed by atoms with Gasteiger partial charge in [-0.2, -0.15) is 0 Å². The van der Waals surface area contributed by atoms with E-state index in [0.29, 0.717) is 5.69 Å². The number of nitrogens with zero attached hydrogens (tertiary/aromatic N) is 2. The van der Waals surface area contributed by atoms with E-state index in [1.54, 1.807) is 0 Å². The molecule has 1 amide bonds. The number of carbonyl (C=O) groups excluding carboxylic acids is 1. The Labute approximate surface area is 164 Å². The normalized spacial score (nSPS) is 11.9. The molecule has 0 saturated carbocycles. The number of fused-ring (bicyclic) bond motifs is 3. The second kappa shape index (κ2) is 6.77. The largest absolute Gasteiger partial charge is 0.325 e. The Morgan fingerprint density at radius 3 is 2.50 bits per heavy atom. The minimum atomic E-state index is -0.223. The molecule has 0 radical (unpaired) electrons. The van der Waals surface area contributed by atoms with Crippen molar-refractivity contribution in [2.75, 3.05) is 11.9 Å². The van der Waals surface area contributed by atoms with Gasteiger partial charge in [0.1, 0.15) is 0 Å². The summed E-state index contributed by atoms with van der Waals surface area (Å²) in [6.45, 7) is 6.57. The first kappa shape index (κ1) is 18.2. The smallest absolute Gasteiger partial charge is 0.238 e. The molecule has 0 unspecified atom stereocenters. The summed E-state index contributed by atoms with van der Waals surface area (Å²) in [7, 11) is 0. The van der Waals surface area contributed by atoms with Crippen molar-refractivity contribution >= 4 is 28.1 Å². The maximum atomic E-state index is 11.6. The van der Waals surface area contributed by atoms with E-state index in [4.69, 9.17) is 10.7 Å². The van der Waals surface area contributed by atoms with Gasteiger partial charge < -0.3 is 15.5 Å². The van der Waals surface area contributed by atoms with Gasteiger partial charge in [0.2, 0.25) is 5.91 Å². The molecule has 0 aliphatic carbocycles. The van der Waals surface area contributed by atoms with E-state index in [0.717, 1.165) is 27.8 Å². The lowest BCUT2D eigenvalue weighted by Crippen LogP contribution is -2.21. The van der Waals surface area contributed by atoms with E-state index in [1.165, 1.54) is 5.56 Å². The van der Waals surface area contributed by atoms with E-state index in [1.807, 2.05) is 30.5 Å². The Hall–Kier alpha value is -3.18. The third-order valence-electron chi connectivity index (χ3n) is 4.95. The zero-order valence-electron chi connectivity index (χ0n) is 16.4. The maximum Gasteiger partial charge on any atom is 0.238 e. The summed E-state index contributed by atoms with van der Waals surface area (Å²) in [5, 5.41) is 2.80. The molecule has 0 aliphatic rings. The molecule has 0 spiro atoms. The predicted octanol–water partition coefficient (Wildman–Crippen LogP) is 4.35. The molecule has 2 aromatic heterocycles. The van der Waals surface area contributed by atoms with Crippen molar-refractivity contribution in [3.8, 4) is 11.3 Å². The molecule has 4 aromatic rings. The monoisotopic (exact) mass is 372 g/mol. The van der Waals surface area contributed by atoms with Crippen molar-refractivity contribution < 1.29 is 4.79 Å². The lowest BCUT2D eigenvalue weighted by Gasteiger charge is -2.19. The molecule has 2 heterocycles. The molecule has 0 saturated heterocycles. The first-order chi connectivity index (χ1) is 13.4. The molecule has 0 atom stereocenters. The second-order valence-electron chi connectivity index (χ2n) is 8.01. The van der Waals surface area contributed by atoms with Crippen LogP contribution in [0.4, 0.5) is 5.69 Å². The Morgan fingerprint density at radius 1 is 1.07 bits per heavy atom. The second-order valence-corrected chi connectivity index (χ2v) is 8.01. The third kappa shape index (κ3) is 3.25. The van der Waals surface area contributed by atoms with Crippen molar-refractivity contribution in [3.63, 3.8) is 0 Å². The first-order valence-electron chi connectivity index (χ1n) is 9.38. The van der Waals surface area contributed by atoms with Crippen LogP contribution in [0.3, 0.4) is 0 Å². The fourth-order valence-corrected chi connectivity index (χ4v) is 3.41. The molecular formula is C23H24N4O. The average Bonchev–Trinajstić information content (AvgIpc) is 3.16. The summed E-state index contributed by atoms with van der Waals surface area (Å²) in [5.74, 6) is -0.223. The fraction of sp³-hybridized carbons (Fsp3) is 0.217. The number of hydrogen-bond donors (Lipinski definition) is 2. The number of aromatic nitrogens is 2. The molecule has 2 aromatic carbocycles. The van der Waals surface area contributed by atoms with Crippen LogP contribution in [0.5, 0.6) is 0 Å². The summed E-state index contributed by atoms with van der Waals surface area (Å²) in [6.07, 6.45) is 2.03. The zero-order chi connectivity index (χ0) is 19.9. The Kier molecular flexibility index (Phi) is 4.40. The molecule has 4 rings (SSSR count). The van der Waals surface area contributed by atoms with Gasteiger partial charge in [0, 0.05) is 17.4 Å².